The van der Waals surface area contributed by atoms with E-state index in [0.29, 0.717) is 34.9 Å². The number of hydrogen-bond acceptors (Lipinski definition) is 7. The summed E-state index contributed by atoms with van der Waals surface area (Å²) in [5.74, 6) is 0.780. The van der Waals surface area contributed by atoms with Gasteiger partial charge in [0.05, 0.1) is 13.2 Å². The second-order valence-electron chi connectivity index (χ2n) is 9.08. The number of hydrogen-bond donors (Lipinski definition) is 0. The molecule has 0 atom stereocenters. The number of unbranched alkanes of at least 4 members (excludes halogenated alkanes) is 1. The van der Waals surface area contributed by atoms with E-state index < -0.39 is 0 Å². The van der Waals surface area contributed by atoms with Crippen molar-refractivity contribution in [2.75, 3.05) is 32.8 Å². The Hall–Kier alpha value is -4.06. The molecule has 0 unspecified atom stereocenters. The molecule has 8 heteroatoms. The Morgan fingerprint density at radius 2 is 1.76 bits per heavy atom. The topological polar surface area (TPSA) is 84.4 Å². The third kappa shape index (κ3) is 6.08. The molecule has 2 aromatic heterocycles. The summed E-state index contributed by atoms with van der Waals surface area (Å²) in [6.45, 7) is 4.42. The Bertz CT molecular complexity index is 1390. The van der Waals surface area contributed by atoms with Gasteiger partial charge in [0.15, 0.2) is 6.61 Å². The Labute approximate surface area is 221 Å². The molecule has 0 N–H and O–H groups in total. The summed E-state index contributed by atoms with van der Waals surface area (Å²) in [5.41, 5.74) is 2.85. The maximum absolute atomic E-state index is 14.7. The van der Waals surface area contributed by atoms with Gasteiger partial charge < -0.3 is 13.9 Å². The quantitative estimate of drug-likeness (QED) is 0.254. The molecule has 2 aromatic carbocycles. The summed E-state index contributed by atoms with van der Waals surface area (Å²) >= 11 is 0. The van der Waals surface area contributed by atoms with Gasteiger partial charge >= 0.3 is 0 Å². The molecule has 38 heavy (non-hydrogen) atoms. The van der Waals surface area contributed by atoms with E-state index in [1.807, 2.05) is 30.3 Å². The van der Waals surface area contributed by atoms with Crippen LogP contribution >= 0.6 is 0 Å². The average molecular weight is 513 g/mol. The second kappa shape index (κ2) is 12.5. The maximum atomic E-state index is 14.7. The second-order valence-corrected chi connectivity index (χ2v) is 9.08. The van der Waals surface area contributed by atoms with Gasteiger partial charge in [0.25, 0.3) is 0 Å². The average Bonchev–Trinajstić information content (AvgIpc) is 3.38. The van der Waals surface area contributed by atoms with Crippen LogP contribution in [0.3, 0.4) is 0 Å². The maximum Gasteiger partial charge on any atom is 0.233 e. The first-order chi connectivity index (χ1) is 18.7. The number of halogens is 1. The number of rotatable bonds is 10. The lowest BCUT2D eigenvalue weighted by molar-refractivity contribution is 0.0371. The number of morpholine rings is 1. The molecule has 0 radical (unpaired) electrons. The molecule has 1 aliphatic rings. The van der Waals surface area contributed by atoms with Gasteiger partial charge in [0.2, 0.25) is 11.8 Å². The summed E-state index contributed by atoms with van der Waals surface area (Å²) in [6.07, 6.45) is 4.11. The number of ether oxygens (including phenoxy) is 2. The molecular formula is C30H29FN4O3. The summed E-state index contributed by atoms with van der Waals surface area (Å²) in [4.78, 5) is 11.3. The monoisotopic (exact) mass is 512 g/mol. The van der Waals surface area contributed by atoms with Crippen LogP contribution in [0.15, 0.2) is 71.3 Å². The van der Waals surface area contributed by atoms with Crippen molar-refractivity contribution in [3.05, 3.63) is 89.9 Å². The molecule has 0 bridgehead atoms. The van der Waals surface area contributed by atoms with Crippen LogP contribution < -0.4 is 4.74 Å². The van der Waals surface area contributed by atoms with Crippen molar-refractivity contribution < 1.29 is 18.3 Å². The summed E-state index contributed by atoms with van der Waals surface area (Å²) in [7, 11) is 0. The minimum absolute atomic E-state index is 0.0326. The highest BCUT2D eigenvalue weighted by Gasteiger charge is 2.20. The Kier molecular flexibility index (Phi) is 8.39. The molecule has 7 nitrogen and oxygen atoms in total. The van der Waals surface area contributed by atoms with Crippen LogP contribution in [0.5, 0.6) is 5.88 Å². The Balaban J connectivity index is 1.32. The molecule has 1 fully saturated rings. The highest BCUT2D eigenvalue weighted by molar-refractivity contribution is 5.72. The van der Waals surface area contributed by atoms with Gasteiger partial charge in [-0.15, -0.1) is 0 Å². The first-order valence-electron chi connectivity index (χ1n) is 12.8. The fraction of sp³-hybridized carbons (Fsp3) is 0.300. The number of nitrogens with zero attached hydrogens (tertiary/aromatic N) is 4. The van der Waals surface area contributed by atoms with E-state index in [9.17, 15) is 9.65 Å². The van der Waals surface area contributed by atoms with Crippen LogP contribution in [-0.2, 0) is 17.8 Å². The number of benzene rings is 2. The molecule has 0 amide bonds. The van der Waals surface area contributed by atoms with Gasteiger partial charge in [-0.25, -0.2) is 14.4 Å². The third-order valence-electron chi connectivity index (χ3n) is 6.55. The Morgan fingerprint density at radius 1 is 0.974 bits per heavy atom. The van der Waals surface area contributed by atoms with E-state index in [1.54, 1.807) is 30.5 Å². The molecule has 1 saturated heterocycles. The molecule has 194 valence electrons. The van der Waals surface area contributed by atoms with Crippen LogP contribution in [0.4, 0.5) is 4.39 Å². The van der Waals surface area contributed by atoms with E-state index in [1.165, 1.54) is 6.07 Å². The van der Waals surface area contributed by atoms with Gasteiger partial charge in [-0.3, -0.25) is 4.90 Å². The lowest BCUT2D eigenvalue weighted by Gasteiger charge is -2.26. The van der Waals surface area contributed by atoms with Crippen molar-refractivity contribution in [1.29, 1.82) is 5.26 Å². The minimum Gasteiger partial charge on any atom is -0.467 e. The molecule has 0 aliphatic carbocycles. The van der Waals surface area contributed by atoms with E-state index in [2.05, 4.69) is 20.9 Å². The van der Waals surface area contributed by atoms with E-state index >= 15 is 0 Å². The van der Waals surface area contributed by atoms with Crippen LogP contribution in [0.1, 0.15) is 30.1 Å². The number of oxazole rings is 1. The van der Waals surface area contributed by atoms with Gasteiger partial charge in [-0.05, 0) is 43.1 Å². The summed E-state index contributed by atoms with van der Waals surface area (Å²) in [6, 6.07) is 20.2. The lowest BCUT2D eigenvalue weighted by atomic mass is 10.0. The highest BCUT2D eigenvalue weighted by atomic mass is 19.1. The zero-order valence-corrected chi connectivity index (χ0v) is 21.1. The first-order valence-corrected chi connectivity index (χ1v) is 12.8. The van der Waals surface area contributed by atoms with Gasteiger partial charge in [0, 0.05) is 36.8 Å². The zero-order valence-electron chi connectivity index (χ0n) is 21.1. The molecule has 5 rings (SSSR count). The minimum atomic E-state index is -0.355. The van der Waals surface area contributed by atoms with E-state index in [-0.39, 0.29) is 18.3 Å². The van der Waals surface area contributed by atoms with Crippen LogP contribution in [0.25, 0.3) is 22.4 Å². The molecule has 4 aromatic rings. The molecular weight excluding hydrogens is 483 g/mol. The fourth-order valence-electron chi connectivity index (χ4n) is 4.59. The summed E-state index contributed by atoms with van der Waals surface area (Å²) in [5, 5.41) is 9.84. The molecule has 0 spiro atoms. The SMILES string of the molecule is N#Cc1c(-c2ccccc2)ccnc1OCc1nc(-c2ccccc2F)c(CCCCN2CCOCC2)o1. The van der Waals surface area contributed by atoms with Crippen molar-refractivity contribution in [3.63, 3.8) is 0 Å². The highest BCUT2D eigenvalue weighted by Crippen LogP contribution is 2.31. The van der Waals surface area contributed by atoms with E-state index in [0.717, 1.165) is 56.8 Å². The van der Waals surface area contributed by atoms with Crippen molar-refractivity contribution in [2.45, 2.75) is 25.9 Å². The van der Waals surface area contributed by atoms with Gasteiger partial charge in [-0.1, -0.05) is 42.5 Å². The fourth-order valence-corrected chi connectivity index (χ4v) is 4.59. The van der Waals surface area contributed by atoms with Gasteiger partial charge in [-0.2, -0.15) is 5.26 Å². The molecule has 3 heterocycles. The lowest BCUT2D eigenvalue weighted by Crippen LogP contribution is -2.36. The Morgan fingerprint density at radius 3 is 2.55 bits per heavy atom. The largest absolute Gasteiger partial charge is 0.467 e. The van der Waals surface area contributed by atoms with Crippen LogP contribution in [0, 0.1) is 17.1 Å². The van der Waals surface area contributed by atoms with Gasteiger partial charge in [0.1, 0.15) is 28.9 Å². The number of pyridine rings is 1. The van der Waals surface area contributed by atoms with Crippen molar-refractivity contribution >= 4 is 0 Å². The predicted octanol–water partition coefficient (Wildman–Crippen LogP) is 5.65. The third-order valence-corrected chi connectivity index (χ3v) is 6.55. The number of aromatic nitrogens is 2. The smallest absolute Gasteiger partial charge is 0.233 e. The number of aryl methyl sites for hydroxylation is 1. The van der Waals surface area contributed by atoms with Crippen LogP contribution in [-0.4, -0.2) is 47.7 Å². The standard InChI is InChI=1S/C30H29FN4O3/c31-26-11-5-4-10-24(26)29-27(12-6-7-15-35-16-18-36-19-17-35)38-28(34-29)21-37-30-25(20-32)23(13-14-33-30)22-8-2-1-3-9-22/h1-5,8-11,13-14H,6-7,12,15-19,21H2. The number of nitriles is 1. The van der Waals surface area contributed by atoms with Crippen molar-refractivity contribution in [1.82, 2.24) is 14.9 Å². The van der Waals surface area contributed by atoms with Crippen LogP contribution in [0.2, 0.25) is 0 Å². The predicted molar refractivity (Wildman–Crippen MR) is 141 cm³/mol. The zero-order chi connectivity index (χ0) is 26.2. The molecule has 1 aliphatic heterocycles. The van der Waals surface area contributed by atoms with Crippen molar-refractivity contribution in [3.8, 4) is 34.3 Å². The molecule has 0 saturated carbocycles. The summed E-state index contributed by atoms with van der Waals surface area (Å²) < 4.78 is 32.1. The first kappa shape index (κ1) is 25.6. The van der Waals surface area contributed by atoms with Crippen molar-refractivity contribution in [2.24, 2.45) is 0 Å². The van der Waals surface area contributed by atoms with E-state index in [4.69, 9.17) is 13.9 Å². The normalized spacial score (nSPS) is 13.8.